The highest BCUT2D eigenvalue weighted by atomic mass is 35.5. The van der Waals surface area contributed by atoms with Gasteiger partial charge in [-0.05, 0) is 30.7 Å². The van der Waals surface area contributed by atoms with E-state index in [4.69, 9.17) is 16.3 Å². The Balaban J connectivity index is 1.47. The molecule has 0 radical (unpaired) electrons. The van der Waals surface area contributed by atoms with Crippen molar-refractivity contribution in [2.75, 3.05) is 45.9 Å². The number of hydrogen-bond donors (Lipinski definition) is 1. The summed E-state index contributed by atoms with van der Waals surface area (Å²) in [5.74, 6) is 0.969. The molecule has 6 heteroatoms. The highest BCUT2D eigenvalue weighted by Gasteiger charge is 2.55. The lowest BCUT2D eigenvalue weighted by Crippen LogP contribution is -2.70. The van der Waals surface area contributed by atoms with Gasteiger partial charge in [0.2, 0.25) is 0 Å². The summed E-state index contributed by atoms with van der Waals surface area (Å²) in [5.41, 5.74) is 1.81. The Labute approximate surface area is 182 Å². The molecule has 0 saturated carbocycles. The first kappa shape index (κ1) is 19.9. The zero-order valence-corrected chi connectivity index (χ0v) is 18.1. The molecule has 1 N–H and O–H groups in total. The topological polar surface area (TPSA) is 44.8 Å². The summed E-state index contributed by atoms with van der Waals surface area (Å²) in [4.78, 5) is 18.4. The molecule has 0 aromatic heterocycles. The number of amides is 1. The molecule has 2 unspecified atom stereocenters. The maximum absolute atomic E-state index is 13.3. The van der Waals surface area contributed by atoms with Gasteiger partial charge in [0.15, 0.2) is 0 Å². The van der Waals surface area contributed by atoms with Crippen LogP contribution in [0.2, 0.25) is 5.02 Å². The van der Waals surface area contributed by atoms with Crippen LogP contribution >= 0.6 is 11.6 Å². The van der Waals surface area contributed by atoms with Gasteiger partial charge in [-0.25, -0.2) is 0 Å². The molecule has 4 bridgehead atoms. The van der Waals surface area contributed by atoms with Crippen LogP contribution in [0.3, 0.4) is 0 Å². The molecule has 4 aliphatic heterocycles. The van der Waals surface area contributed by atoms with E-state index in [2.05, 4.69) is 45.4 Å². The molecule has 0 spiro atoms. The van der Waals surface area contributed by atoms with Crippen molar-refractivity contribution in [1.29, 1.82) is 0 Å². The Morgan fingerprint density at radius 1 is 1.13 bits per heavy atom. The number of fused-ring (bicyclic) bond motifs is 1. The number of carbonyl (C=O) groups excluding carboxylic acids is 1. The molecule has 4 fully saturated rings. The number of nitrogens with zero attached hydrogens (tertiary/aromatic N) is 2. The van der Waals surface area contributed by atoms with Gasteiger partial charge in [0.25, 0.3) is 5.91 Å². The highest BCUT2D eigenvalue weighted by Crippen LogP contribution is 2.43. The van der Waals surface area contributed by atoms with E-state index >= 15 is 0 Å². The van der Waals surface area contributed by atoms with E-state index in [9.17, 15) is 4.79 Å². The minimum absolute atomic E-state index is 0.0589. The molecule has 5 nitrogen and oxygen atoms in total. The molecular formula is C24H28ClN3O2. The minimum atomic E-state index is -0.0936. The van der Waals surface area contributed by atoms with Crippen molar-refractivity contribution < 1.29 is 9.53 Å². The fourth-order valence-corrected chi connectivity index (χ4v) is 5.94. The lowest BCUT2D eigenvalue weighted by molar-refractivity contribution is 0.0180. The van der Waals surface area contributed by atoms with Crippen molar-refractivity contribution in [1.82, 2.24) is 15.1 Å². The van der Waals surface area contributed by atoms with Gasteiger partial charge >= 0.3 is 0 Å². The third-order valence-electron chi connectivity index (χ3n) is 6.93. The van der Waals surface area contributed by atoms with Gasteiger partial charge in [-0.2, -0.15) is 0 Å². The number of nitrogens with one attached hydrogen (secondary N) is 1. The van der Waals surface area contributed by atoms with Gasteiger partial charge in [0.05, 0.1) is 11.6 Å². The van der Waals surface area contributed by atoms with Gasteiger partial charge in [0.1, 0.15) is 5.75 Å². The van der Waals surface area contributed by atoms with Gasteiger partial charge in [-0.3, -0.25) is 4.79 Å². The lowest BCUT2D eigenvalue weighted by Gasteiger charge is -2.55. The standard InChI is InChI=1S/C24H28ClN3O2/c1-2-30-21-9-8-17(12-20(21)25)23(29)26-22-18-13-27-10-11-28(14-18)16-24(22,15-27)19-6-4-3-5-7-19/h3-9,12,18,22H,2,10-11,13-16H2,1H3,(H,26,29)/t18?,22-,24?/m0/s1. The predicted molar refractivity (Wildman–Crippen MR) is 118 cm³/mol. The van der Waals surface area contributed by atoms with Crippen LogP contribution in [0.5, 0.6) is 5.75 Å². The largest absolute Gasteiger partial charge is 0.492 e. The van der Waals surface area contributed by atoms with Crippen LogP contribution in [0.1, 0.15) is 22.8 Å². The molecule has 4 aliphatic rings. The second-order valence-electron chi connectivity index (χ2n) is 8.78. The molecule has 2 aromatic rings. The third kappa shape index (κ3) is 3.39. The highest BCUT2D eigenvalue weighted by molar-refractivity contribution is 6.32. The van der Waals surface area contributed by atoms with Gasteiger partial charge in [-0.1, -0.05) is 41.9 Å². The van der Waals surface area contributed by atoms with Crippen LogP contribution in [-0.4, -0.2) is 67.6 Å². The number of carbonyl (C=O) groups is 1. The SMILES string of the molecule is CCOc1ccc(C(=O)N[C@H]2C3CN4CCN(C3)CC2(c2ccccc2)C4)cc1Cl. The molecule has 30 heavy (non-hydrogen) atoms. The molecule has 3 atom stereocenters. The fourth-order valence-electron chi connectivity index (χ4n) is 5.71. The zero-order chi connectivity index (χ0) is 20.7. The van der Waals surface area contributed by atoms with Crippen molar-refractivity contribution in [3.05, 3.63) is 64.7 Å². The Bertz CT molecular complexity index is 919. The van der Waals surface area contributed by atoms with Gasteiger partial charge in [0, 0.05) is 62.2 Å². The van der Waals surface area contributed by atoms with Crippen molar-refractivity contribution >= 4 is 17.5 Å². The predicted octanol–water partition coefficient (Wildman–Crippen LogP) is 3.04. The second-order valence-corrected chi connectivity index (χ2v) is 9.19. The average Bonchev–Trinajstić information content (AvgIpc) is 3.01. The average molecular weight is 426 g/mol. The van der Waals surface area contributed by atoms with E-state index in [1.165, 1.54) is 5.56 Å². The normalized spacial score (nSPS) is 31.9. The van der Waals surface area contributed by atoms with E-state index in [1.807, 2.05) is 6.92 Å². The fraction of sp³-hybridized carbons (Fsp3) is 0.458. The summed E-state index contributed by atoms with van der Waals surface area (Å²) < 4.78 is 5.51. The number of hydrogen-bond acceptors (Lipinski definition) is 4. The molecule has 158 valence electrons. The summed E-state index contributed by atoms with van der Waals surface area (Å²) >= 11 is 6.34. The first-order valence-electron chi connectivity index (χ1n) is 10.8. The Morgan fingerprint density at radius 3 is 2.47 bits per heavy atom. The van der Waals surface area contributed by atoms with Crippen LogP contribution in [0.25, 0.3) is 0 Å². The monoisotopic (exact) mass is 425 g/mol. The summed E-state index contributed by atoms with van der Waals surface area (Å²) in [6, 6.07) is 16.1. The van der Waals surface area contributed by atoms with Crippen LogP contribution in [0.4, 0.5) is 0 Å². The molecular weight excluding hydrogens is 398 g/mol. The van der Waals surface area contributed by atoms with Gasteiger partial charge < -0.3 is 19.9 Å². The molecule has 4 heterocycles. The third-order valence-corrected chi connectivity index (χ3v) is 7.22. The maximum Gasteiger partial charge on any atom is 0.251 e. The number of ether oxygens (including phenoxy) is 1. The number of piperidine rings is 2. The Kier molecular flexibility index (Phi) is 5.21. The second kappa shape index (κ2) is 7.88. The van der Waals surface area contributed by atoms with E-state index in [1.54, 1.807) is 18.2 Å². The number of benzene rings is 2. The van der Waals surface area contributed by atoms with Crippen LogP contribution in [0, 0.1) is 5.92 Å². The lowest BCUT2D eigenvalue weighted by atomic mass is 9.64. The van der Waals surface area contributed by atoms with Crippen molar-refractivity contribution in [2.24, 2.45) is 5.92 Å². The molecule has 4 saturated heterocycles. The van der Waals surface area contributed by atoms with Crippen LogP contribution in [0.15, 0.2) is 48.5 Å². The molecule has 1 amide bonds. The maximum atomic E-state index is 13.3. The van der Waals surface area contributed by atoms with Crippen molar-refractivity contribution in [3.63, 3.8) is 0 Å². The van der Waals surface area contributed by atoms with Crippen LogP contribution in [-0.2, 0) is 5.41 Å². The Morgan fingerprint density at radius 2 is 1.83 bits per heavy atom. The van der Waals surface area contributed by atoms with E-state index in [0.717, 1.165) is 39.3 Å². The summed E-state index contributed by atoms with van der Waals surface area (Å²) in [5, 5.41) is 3.91. The van der Waals surface area contributed by atoms with E-state index in [-0.39, 0.29) is 17.4 Å². The molecule has 2 aromatic carbocycles. The first-order valence-corrected chi connectivity index (χ1v) is 11.2. The summed E-state index contributed by atoms with van der Waals surface area (Å²) in [7, 11) is 0. The first-order chi connectivity index (χ1) is 14.6. The Hall–Kier alpha value is -2.08. The summed E-state index contributed by atoms with van der Waals surface area (Å²) in [6.45, 7) is 8.74. The summed E-state index contributed by atoms with van der Waals surface area (Å²) in [6.07, 6.45) is 0. The van der Waals surface area contributed by atoms with E-state index in [0.29, 0.717) is 28.9 Å². The minimum Gasteiger partial charge on any atom is -0.492 e. The number of rotatable bonds is 5. The van der Waals surface area contributed by atoms with E-state index < -0.39 is 0 Å². The van der Waals surface area contributed by atoms with Crippen molar-refractivity contribution in [2.45, 2.75) is 18.4 Å². The molecule has 0 aliphatic carbocycles. The number of halogens is 1. The van der Waals surface area contributed by atoms with Gasteiger partial charge in [-0.15, -0.1) is 0 Å². The smallest absolute Gasteiger partial charge is 0.251 e. The van der Waals surface area contributed by atoms with Crippen LogP contribution < -0.4 is 10.1 Å². The zero-order valence-electron chi connectivity index (χ0n) is 17.3. The van der Waals surface area contributed by atoms with Crippen molar-refractivity contribution in [3.8, 4) is 5.75 Å². The molecule has 6 rings (SSSR count). The quantitative estimate of drug-likeness (QED) is 0.799.